The Morgan fingerprint density at radius 1 is 1.21 bits per heavy atom. The molecule has 2 fully saturated rings. The molecule has 1 N–H and O–H groups in total. The summed E-state index contributed by atoms with van der Waals surface area (Å²) in [4.78, 5) is 38.3. The standard InChI is InChI=1S/C31H37FN6O8S/c1-18(2)44-25-8-6-7-19(33-25)15-38-23-13-20(26-35-28(46-36-26)37-11-12-43-31(17-37)9-10-31)21(32)14-24(23)47(41,42)16-22(27(38)39)34-29(40)45-30(3,4)5/h6-8,13-14,18,22H,9-12,15-17H2,1-5H3,(H,34,40)/t22-/m0/s1. The van der Waals surface area contributed by atoms with E-state index < -0.39 is 49.9 Å². The number of ether oxygens (including phenoxy) is 3. The Morgan fingerprint density at radius 3 is 2.68 bits per heavy atom. The molecule has 2 aromatic heterocycles. The molecule has 0 unspecified atom stereocenters. The average molecular weight is 673 g/mol. The van der Waals surface area contributed by atoms with Gasteiger partial charge in [-0.2, -0.15) is 4.98 Å². The molecule has 1 aliphatic carbocycles. The van der Waals surface area contributed by atoms with E-state index in [0.717, 1.165) is 23.8 Å². The van der Waals surface area contributed by atoms with E-state index in [1.54, 1.807) is 39.0 Å². The van der Waals surface area contributed by atoms with Crippen molar-refractivity contribution in [1.82, 2.24) is 20.4 Å². The van der Waals surface area contributed by atoms with Crippen molar-refractivity contribution in [3.8, 4) is 17.3 Å². The van der Waals surface area contributed by atoms with Crippen LogP contribution in [0, 0.1) is 5.82 Å². The molecule has 2 aliphatic heterocycles. The number of amides is 2. The van der Waals surface area contributed by atoms with Gasteiger partial charge in [-0.25, -0.2) is 22.6 Å². The third-order valence-corrected chi connectivity index (χ3v) is 9.53. The highest BCUT2D eigenvalue weighted by molar-refractivity contribution is 7.91. The van der Waals surface area contributed by atoms with Gasteiger partial charge >= 0.3 is 12.1 Å². The van der Waals surface area contributed by atoms with Gasteiger partial charge in [-0.15, -0.1) is 0 Å². The third-order valence-electron chi connectivity index (χ3n) is 7.76. The predicted octanol–water partition coefficient (Wildman–Crippen LogP) is 3.64. The second kappa shape index (κ2) is 12.0. The van der Waals surface area contributed by atoms with Crippen molar-refractivity contribution in [1.29, 1.82) is 0 Å². The number of rotatable bonds is 7. The smallest absolute Gasteiger partial charge is 0.408 e. The number of carbonyl (C=O) groups is 2. The van der Waals surface area contributed by atoms with E-state index in [9.17, 15) is 18.0 Å². The summed E-state index contributed by atoms with van der Waals surface area (Å²) < 4.78 is 65.6. The molecule has 1 aromatic carbocycles. The summed E-state index contributed by atoms with van der Waals surface area (Å²) >= 11 is 0. The number of pyridine rings is 1. The number of fused-ring (bicyclic) bond motifs is 1. The first-order valence-electron chi connectivity index (χ1n) is 15.3. The molecule has 0 bridgehead atoms. The number of halogens is 1. The lowest BCUT2D eigenvalue weighted by atomic mass is 10.1. The van der Waals surface area contributed by atoms with Crippen LogP contribution in [0.15, 0.2) is 39.8 Å². The summed E-state index contributed by atoms with van der Waals surface area (Å²) in [7, 11) is -4.34. The third kappa shape index (κ3) is 7.17. The van der Waals surface area contributed by atoms with Crippen molar-refractivity contribution in [2.75, 3.05) is 35.2 Å². The zero-order chi connectivity index (χ0) is 33.7. The minimum atomic E-state index is -4.34. The molecule has 3 aliphatic rings. The van der Waals surface area contributed by atoms with Crippen molar-refractivity contribution >= 4 is 33.5 Å². The second-order valence-electron chi connectivity index (χ2n) is 13.2. The highest BCUT2D eigenvalue weighted by Crippen LogP contribution is 2.43. The van der Waals surface area contributed by atoms with E-state index in [0.29, 0.717) is 31.3 Å². The number of nitrogens with one attached hydrogen (secondary N) is 1. The van der Waals surface area contributed by atoms with Gasteiger partial charge in [-0.3, -0.25) is 4.79 Å². The fraction of sp³-hybridized carbons (Fsp3) is 0.516. The van der Waals surface area contributed by atoms with Crippen molar-refractivity contribution < 1.29 is 41.1 Å². The maximum Gasteiger partial charge on any atom is 0.408 e. The van der Waals surface area contributed by atoms with Crippen LogP contribution >= 0.6 is 0 Å². The van der Waals surface area contributed by atoms with Crippen LogP contribution in [-0.4, -0.2) is 84.3 Å². The van der Waals surface area contributed by atoms with Crippen molar-refractivity contribution in [3.63, 3.8) is 0 Å². The van der Waals surface area contributed by atoms with Gasteiger partial charge in [-0.1, -0.05) is 11.2 Å². The Hall–Kier alpha value is -4.31. The zero-order valence-electron chi connectivity index (χ0n) is 26.8. The molecule has 3 aromatic rings. The molecule has 1 saturated carbocycles. The Morgan fingerprint density at radius 2 is 1.98 bits per heavy atom. The molecule has 0 radical (unpaired) electrons. The molecular weight excluding hydrogens is 635 g/mol. The minimum Gasteiger partial charge on any atom is -0.475 e. The number of hydrogen-bond acceptors (Lipinski definition) is 12. The van der Waals surface area contributed by atoms with Gasteiger partial charge in [0.1, 0.15) is 17.5 Å². The van der Waals surface area contributed by atoms with Crippen molar-refractivity contribution in [2.24, 2.45) is 0 Å². The normalized spacial score (nSPS) is 20.1. The van der Waals surface area contributed by atoms with Crippen LogP contribution in [0.3, 0.4) is 0 Å². The summed E-state index contributed by atoms with van der Waals surface area (Å²) in [5.41, 5.74) is -1.10. The number of hydrogen-bond donors (Lipinski definition) is 1. The first-order valence-corrected chi connectivity index (χ1v) is 17.0. The van der Waals surface area contributed by atoms with Gasteiger partial charge in [-0.05, 0) is 65.7 Å². The van der Waals surface area contributed by atoms with Crippen LogP contribution in [0.1, 0.15) is 53.2 Å². The summed E-state index contributed by atoms with van der Waals surface area (Å²) in [6.45, 7) is 9.89. The quantitative estimate of drug-likeness (QED) is 0.388. The lowest BCUT2D eigenvalue weighted by Gasteiger charge is -2.31. The minimum absolute atomic E-state index is 0.125. The summed E-state index contributed by atoms with van der Waals surface area (Å²) in [5, 5.41) is 6.39. The average Bonchev–Trinajstić information content (AvgIpc) is 3.53. The molecule has 2 amide bonds. The number of carbonyl (C=O) groups excluding carboxylic acids is 2. The Kier molecular flexibility index (Phi) is 8.36. The molecule has 47 heavy (non-hydrogen) atoms. The highest BCUT2D eigenvalue weighted by atomic mass is 32.2. The van der Waals surface area contributed by atoms with E-state index in [1.807, 2.05) is 18.7 Å². The molecule has 1 saturated heterocycles. The van der Waals surface area contributed by atoms with Crippen LogP contribution in [-0.2, 0) is 30.7 Å². The topological polar surface area (TPSA) is 166 Å². The van der Waals surface area contributed by atoms with Crippen molar-refractivity contribution in [3.05, 3.63) is 41.8 Å². The van der Waals surface area contributed by atoms with Crippen LogP contribution in [0.25, 0.3) is 11.4 Å². The van der Waals surface area contributed by atoms with E-state index >= 15 is 4.39 Å². The Bertz CT molecular complexity index is 1800. The summed E-state index contributed by atoms with van der Waals surface area (Å²) in [6, 6.07) is 5.65. The second-order valence-corrected chi connectivity index (χ2v) is 15.2. The Balaban J connectivity index is 1.40. The number of morpholine rings is 1. The van der Waals surface area contributed by atoms with Crippen LogP contribution in [0.4, 0.5) is 20.9 Å². The maximum absolute atomic E-state index is 15.8. The maximum atomic E-state index is 15.8. The molecule has 1 atom stereocenters. The molecule has 4 heterocycles. The molecule has 14 nitrogen and oxygen atoms in total. The molecule has 252 valence electrons. The van der Waals surface area contributed by atoms with Gasteiger partial charge < -0.3 is 33.9 Å². The van der Waals surface area contributed by atoms with Gasteiger partial charge in [0.2, 0.25) is 11.7 Å². The number of benzene rings is 1. The molecule has 16 heteroatoms. The first kappa shape index (κ1) is 32.6. The van der Waals surface area contributed by atoms with E-state index in [4.69, 9.17) is 18.7 Å². The number of aromatic nitrogens is 3. The fourth-order valence-corrected chi connectivity index (χ4v) is 7.11. The number of sulfone groups is 1. The van der Waals surface area contributed by atoms with E-state index in [-0.39, 0.29) is 41.3 Å². The molecule has 6 rings (SSSR count). The lowest BCUT2D eigenvalue weighted by Crippen LogP contribution is -2.51. The number of nitrogens with zero attached hydrogens (tertiary/aromatic N) is 5. The SMILES string of the molecule is CC(C)Oc1cccc(CN2C(=O)[C@@H](NC(=O)OC(C)(C)C)CS(=O)(=O)c3cc(F)c(-c4noc(N5CCOC6(CC6)C5)n4)cc32)n1. The van der Waals surface area contributed by atoms with Gasteiger partial charge in [0, 0.05) is 12.6 Å². The van der Waals surface area contributed by atoms with Crippen molar-refractivity contribution in [2.45, 2.75) is 82.2 Å². The lowest BCUT2D eigenvalue weighted by molar-refractivity contribution is -0.120. The van der Waals surface area contributed by atoms with E-state index in [2.05, 4.69) is 20.4 Å². The van der Waals surface area contributed by atoms with Crippen LogP contribution in [0.2, 0.25) is 0 Å². The van der Waals surface area contributed by atoms with Gasteiger partial charge in [0.05, 0.1) is 59.0 Å². The van der Waals surface area contributed by atoms with Gasteiger partial charge in [0.15, 0.2) is 9.84 Å². The first-order chi connectivity index (χ1) is 22.1. The number of anilines is 2. The molecular formula is C31H37FN6O8S. The Labute approximate surface area is 271 Å². The largest absolute Gasteiger partial charge is 0.475 e. The van der Waals surface area contributed by atoms with Crippen LogP contribution < -0.4 is 19.9 Å². The van der Waals surface area contributed by atoms with Crippen LogP contribution in [0.5, 0.6) is 5.88 Å². The number of alkyl carbamates (subject to hydrolysis) is 1. The molecule has 1 spiro atoms. The predicted molar refractivity (Wildman–Crippen MR) is 166 cm³/mol. The summed E-state index contributed by atoms with van der Waals surface area (Å²) in [6.07, 6.45) is 0.689. The monoisotopic (exact) mass is 672 g/mol. The zero-order valence-corrected chi connectivity index (χ0v) is 27.6. The summed E-state index contributed by atoms with van der Waals surface area (Å²) in [5.74, 6) is -2.37. The fourth-order valence-electron chi connectivity index (χ4n) is 5.50. The van der Waals surface area contributed by atoms with E-state index in [1.165, 1.54) is 6.07 Å². The highest BCUT2D eigenvalue weighted by Gasteiger charge is 2.48. The van der Waals surface area contributed by atoms with Gasteiger partial charge in [0.25, 0.3) is 5.91 Å².